The molecule has 0 rings (SSSR count). The fourth-order valence-electron chi connectivity index (χ4n) is 0.182. The monoisotopic (exact) mass is 136 g/mol. The third-order valence-corrected chi connectivity index (χ3v) is 0.588. The van der Waals surface area contributed by atoms with Gasteiger partial charge in [0, 0.05) is 6.04 Å². The van der Waals surface area contributed by atoms with Gasteiger partial charge in [0.1, 0.15) is 0 Å². The Bertz CT molecular complexity index is 80.6. The Morgan fingerprint density at radius 1 is 1.75 bits per heavy atom. The van der Waals surface area contributed by atoms with Crippen molar-refractivity contribution >= 4 is 12.4 Å². The average Bonchev–Trinajstić information content (AvgIpc) is 1.68. The maximum Gasteiger partial charge on any atom is 0.0638 e. The van der Waals surface area contributed by atoms with Crippen molar-refractivity contribution < 1.29 is 5.11 Å². The van der Waals surface area contributed by atoms with Gasteiger partial charge in [0.15, 0.2) is 0 Å². The molecular weight excluding hydrogens is 128 g/mol. The van der Waals surface area contributed by atoms with E-state index in [-0.39, 0.29) is 31.5 Å². The first-order valence-electron chi connectivity index (χ1n) is 2.04. The van der Waals surface area contributed by atoms with Crippen molar-refractivity contribution in [2.24, 2.45) is 5.73 Å². The van der Waals surface area contributed by atoms with Crippen LogP contribution in [0.25, 0.3) is 0 Å². The van der Waals surface area contributed by atoms with E-state index in [9.17, 15) is 0 Å². The lowest BCUT2D eigenvalue weighted by Crippen LogP contribution is -2.23. The minimum Gasteiger partial charge on any atom is -0.395 e. The lowest BCUT2D eigenvalue weighted by atomic mass is 10.3. The second-order valence-electron chi connectivity index (χ2n) is 1.30. The Morgan fingerprint density at radius 2 is 2.25 bits per heavy atom. The summed E-state index contributed by atoms with van der Waals surface area (Å²) in [6.07, 6.45) is 0.233. The standard InChI is InChI=1S/C4H8N2O.ClH/c5-2-1-4(6)3-7;/h4,7H,1,3,6H2;1H/t4-;/m0./s1. The molecule has 0 saturated heterocycles. The molecule has 0 unspecified atom stereocenters. The smallest absolute Gasteiger partial charge is 0.0638 e. The van der Waals surface area contributed by atoms with Crippen molar-refractivity contribution in [3.8, 4) is 6.07 Å². The number of hydrogen-bond donors (Lipinski definition) is 2. The van der Waals surface area contributed by atoms with Crippen molar-refractivity contribution in [1.29, 1.82) is 5.26 Å². The summed E-state index contributed by atoms with van der Waals surface area (Å²) in [5.41, 5.74) is 5.11. The summed E-state index contributed by atoms with van der Waals surface area (Å²) in [6, 6.07) is 1.48. The zero-order valence-corrected chi connectivity index (χ0v) is 5.19. The number of nitriles is 1. The van der Waals surface area contributed by atoms with E-state index in [4.69, 9.17) is 16.1 Å². The van der Waals surface area contributed by atoms with E-state index in [0.29, 0.717) is 0 Å². The maximum atomic E-state index is 8.19. The van der Waals surface area contributed by atoms with Crippen molar-refractivity contribution in [2.45, 2.75) is 12.5 Å². The van der Waals surface area contributed by atoms with E-state index in [1.54, 1.807) is 0 Å². The number of halogens is 1. The largest absolute Gasteiger partial charge is 0.395 e. The summed E-state index contributed by atoms with van der Waals surface area (Å²) in [5.74, 6) is 0. The second kappa shape index (κ2) is 6.70. The van der Waals surface area contributed by atoms with Gasteiger partial charge in [-0.05, 0) is 0 Å². The van der Waals surface area contributed by atoms with Crippen LogP contribution in [-0.4, -0.2) is 17.8 Å². The Hall–Kier alpha value is -0.300. The Morgan fingerprint density at radius 3 is 2.38 bits per heavy atom. The Labute approximate surface area is 54.5 Å². The molecular formula is C4H9ClN2O. The van der Waals surface area contributed by atoms with Gasteiger partial charge in [0.25, 0.3) is 0 Å². The normalized spacial score (nSPS) is 11.1. The lowest BCUT2D eigenvalue weighted by molar-refractivity contribution is 0.267. The highest BCUT2D eigenvalue weighted by atomic mass is 35.5. The van der Waals surface area contributed by atoms with Gasteiger partial charge in [-0.15, -0.1) is 12.4 Å². The number of aliphatic hydroxyl groups is 1. The number of nitrogens with two attached hydrogens (primary N) is 1. The Kier molecular flexibility index (Phi) is 8.91. The van der Waals surface area contributed by atoms with E-state index >= 15 is 0 Å². The van der Waals surface area contributed by atoms with E-state index in [0.717, 1.165) is 0 Å². The summed E-state index contributed by atoms with van der Waals surface area (Å²) in [7, 11) is 0. The number of hydrogen-bond acceptors (Lipinski definition) is 3. The van der Waals surface area contributed by atoms with Crippen molar-refractivity contribution in [3.05, 3.63) is 0 Å². The number of nitrogens with zero attached hydrogens (tertiary/aromatic N) is 1. The van der Waals surface area contributed by atoms with Crippen molar-refractivity contribution in [2.75, 3.05) is 6.61 Å². The molecule has 4 heteroatoms. The van der Waals surface area contributed by atoms with Gasteiger partial charge in [-0.3, -0.25) is 0 Å². The van der Waals surface area contributed by atoms with Crippen LogP contribution in [0, 0.1) is 11.3 Å². The van der Waals surface area contributed by atoms with Gasteiger partial charge < -0.3 is 10.8 Å². The highest BCUT2D eigenvalue weighted by Crippen LogP contribution is 1.79. The van der Waals surface area contributed by atoms with Gasteiger partial charge in [-0.25, -0.2) is 0 Å². The summed E-state index contributed by atoms with van der Waals surface area (Å²) >= 11 is 0. The SMILES string of the molecule is Cl.N#CC[C@H](N)CO. The average molecular weight is 137 g/mol. The van der Waals surface area contributed by atoms with E-state index in [2.05, 4.69) is 0 Å². The first kappa shape index (κ1) is 10.6. The predicted octanol–water partition coefficient (Wildman–Crippen LogP) is -0.359. The number of rotatable bonds is 2. The minimum atomic E-state index is -0.356. The molecule has 0 amide bonds. The summed E-state index contributed by atoms with van der Waals surface area (Å²) < 4.78 is 0. The van der Waals surface area contributed by atoms with E-state index in [1.807, 2.05) is 6.07 Å². The third-order valence-electron chi connectivity index (χ3n) is 0.588. The summed E-state index contributed by atoms with van der Waals surface area (Å²) in [6.45, 7) is -0.104. The van der Waals surface area contributed by atoms with Gasteiger partial charge in [-0.2, -0.15) is 5.26 Å². The van der Waals surface area contributed by atoms with Crippen LogP contribution in [0.15, 0.2) is 0 Å². The molecule has 0 aromatic carbocycles. The van der Waals surface area contributed by atoms with E-state index < -0.39 is 0 Å². The van der Waals surface area contributed by atoms with Crippen LogP contribution in [0.4, 0.5) is 0 Å². The summed E-state index contributed by atoms with van der Waals surface area (Å²) in [4.78, 5) is 0. The van der Waals surface area contributed by atoms with Crippen LogP contribution in [-0.2, 0) is 0 Å². The van der Waals surface area contributed by atoms with Crippen molar-refractivity contribution in [1.82, 2.24) is 0 Å². The molecule has 8 heavy (non-hydrogen) atoms. The third kappa shape index (κ3) is 5.70. The molecule has 3 nitrogen and oxygen atoms in total. The molecule has 0 aliphatic heterocycles. The van der Waals surface area contributed by atoms with Crippen LogP contribution in [0.1, 0.15) is 6.42 Å². The maximum absolute atomic E-state index is 8.19. The zero-order valence-electron chi connectivity index (χ0n) is 4.37. The van der Waals surface area contributed by atoms with Crippen LogP contribution in [0.5, 0.6) is 0 Å². The molecule has 0 heterocycles. The first-order valence-corrected chi connectivity index (χ1v) is 2.04. The highest BCUT2D eigenvalue weighted by molar-refractivity contribution is 5.85. The van der Waals surface area contributed by atoms with Crippen molar-refractivity contribution in [3.63, 3.8) is 0 Å². The molecule has 0 aliphatic carbocycles. The van der Waals surface area contributed by atoms with Gasteiger partial charge in [0.05, 0.1) is 19.1 Å². The fraction of sp³-hybridized carbons (Fsp3) is 0.750. The van der Waals surface area contributed by atoms with E-state index in [1.165, 1.54) is 0 Å². The molecule has 0 bridgehead atoms. The lowest BCUT2D eigenvalue weighted by Gasteiger charge is -1.97. The summed E-state index contributed by atoms with van der Waals surface area (Å²) in [5, 5.41) is 16.1. The highest BCUT2D eigenvalue weighted by Gasteiger charge is 1.94. The molecule has 0 fully saturated rings. The molecule has 0 aliphatic rings. The Balaban J connectivity index is 0. The molecule has 0 saturated carbocycles. The van der Waals surface area contributed by atoms with Gasteiger partial charge >= 0.3 is 0 Å². The van der Waals surface area contributed by atoms with Gasteiger partial charge in [0.2, 0.25) is 0 Å². The molecule has 0 aromatic rings. The van der Waals surface area contributed by atoms with Crippen LogP contribution < -0.4 is 5.73 Å². The first-order chi connectivity index (χ1) is 3.31. The van der Waals surface area contributed by atoms with Gasteiger partial charge in [-0.1, -0.05) is 0 Å². The van der Waals surface area contributed by atoms with Crippen LogP contribution in [0.3, 0.4) is 0 Å². The number of aliphatic hydroxyl groups excluding tert-OH is 1. The van der Waals surface area contributed by atoms with Crippen LogP contribution >= 0.6 is 12.4 Å². The second-order valence-corrected chi connectivity index (χ2v) is 1.30. The molecule has 0 aromatic heterocycles. The molecule has 0 radical (unpaired) electrons. The zero-order chi connectivity index (χ0) is 5.70. The quantitative estimate of drug-likeness (QED) is 0.545. The molecule has 3 N–H and O–H groups in total. The minimum absolute atomic E-state index is 0. The predicted molar refractivity (Wildman–Crippen MR) is 32.5 cm³/mol. The molecule has 0 spiro atoms. The molecule has 48 valence electrons. The topological polar surface area (TPSA) is 70.0 Å². The fourth-order valence-corrected chi connectivity index (χ4v) is 0.182. The molecule has 1 atom stereocenters. The van der Waals surface area contributed by atoms with Crippen LogP contribution in [0.2, 0.25) is 0 Å².